The number of ketones is 1. The number of rotatable bonds is 3. The topological polar surface area (TPSA) is 55.4 Å². The van der Waals surface area contributed by atoms with E-state index in [1.807, 2.05) is 25.1 Å². The summed E-state index contributed by atoms with van der Waals surface area (Å²) in [6.45, 7) is 3.56. The summed E-state index contributed by atoms with van der Waals surface area (Å²) < 4.78 is 5.26. The van der Waals surface area contributed by atoms with Crippen LogP contribution in [0.3, 0.4) is 0 Å². The van der Waals surface area contributed by atoms with E-state index >= 15 is 0 Å². The number of ether oxygens (including phenoxy) is 1. The van der Waals surface area contributed by atoms with E-state index in [4.69, 9.17) is 4.74 Å². The zero-order valence-electron chi connectivity index (χ0n) is 9.95. The SMILES string of the molecule is CC(=O)C(C)Cc1ccc2c(c1)NC(=O)CO2. The average Bonchev–Trinajstić information content (AvgIpc) is 2.28. The Labute approximate surface area is 100.0 Å². The number of amides is 1. The maximum Gasteiger partial charge on any atom is 0.262 e. The molecule has 1 unspecified atom stereocenters. The highest BCUT2D eigenvalue weighted by Gasteiger charge is 2.17. The van der Waals surface area contributed by atoms with Gasteiger partial charge in [0.1, 0.15) is 11.5 Å². The van der Waals surface area contributed by atoms with Gasteiger partial charge in [-0.25, -0.2) is 0 Å². The van der Waals surface area contributed by atoms with Crippen molar-refractivity contribution in [2.75, 3.05) is 11.9 Å². The number of hydrogen-bond donors (Lipinski definition) is 1. The first-order valence-electron chi connectivity index (χ1n) is 5.62. The second-order valence-electron chi connectivity index (χ2n) is 4.38. The van der Waals surface area contributed by atoms with Crippen molar-refractivity contribution in [1.29, 1.82) is 0 Å². The van der Waals surface area contributed by atoms with Crippen molar-refractivity contribution in [3.05, 3.63) is 23.8 Å². The lowest BCUT2D eigenvalue weighted by molar-refractivity contribution is -0.120. The van der Waals surface area contributed by atoms with Crippen LogP contribution in [0.2, 0.25) is 0 Å². The average molecular weight is 233 g/mol. The maximum absolute atomic E-state index is 11.2. The second kappa shape index (κ2) is 4.57. The Bertz CT molecular complexity index is 468. The summed E-state index contributed by atoms with van der Waals surface area (Å²) >= 11 is 0. The summed E-state index contributed by atoms with van der Waals surface area (Å²) in [5.74, 6) is 0.703. The number of fused-ring (bicyclic) bond motifs is 1. The lowest BCUT2D eigenvalue weighted by Gasteiger charge is -2.19. The molecule has 2 rings (SSSR count). The quantitative estimate of drug-likeness (QED) is 0.865. The first-order valence-corrected chi connectivity index (χ1v) is 5.62. The molecule has 0 saturated carbocycles. The molecule has 0 saturated heterocycles. The molecule has 1 aromatic carbocycles. The van der Waals surface area contributed by atoms with Crippen LogP contribution < -0.4 is 10.1 Å². The van der Waals surface area contributed by atoms with Crippen LogP contribution in [0.25, 0.3) is 0 Å². The van der Waals surface area contributed by atoms with E-state index < -0.39 is 0 Å². The molecule has 4 nitrogen and oxygen atoms in total. The van der Waals surface area contributed by atoms with E-state index in [2.05, 4.69) is 5.32 Å². The molecule has 4 heteroatoms. The van der Waals surface area contributed by atoms with Gasteiger partial charge in [0.2, 0.25) is 0 Å². The molecular weight excluding hydrogens is 218 g/mol. The standard InChI is InChI=1S/C13H15NO3/c1-8(9(2)15)5-10-3-4-12-11(6-10)14-13(16)7-17-12/h3-4,6,8H,5,7H2,1-2H3,(H,14,16). The lowest BCUT2D eigenvalue weighted by atomic mass is 9.97. The number of carbonyl (C=O) groups is 2. The van der Waals surface area contributed by atoms with Crippen molar-refractivity contribution in [1.82, 2.24) is 0 Å². The Morgan fingerprint density at radius 1 is 1.53 bits per heavy atom. The summed E-state index contributed by atoms with van der Waals surface area (Å²) in [5.41, 5.74) is 1.71. The molecule has 1 aliphatic heterocycles. The molecule has 1 heterocycles. The molecule has 1 aromatic rings. The van der Waals surface area contributed by atoms with Gasteiger partial charge in [0.25, 0.3) is 5.91 Å². The molecule has 0 radical (unpaired) electrons. The number of carbonyl (C=O) groups excluding carboxylic acids is 2. The Morgan fingerprint density at radius 3 is 3.00 bits per heavy atom. The fourth-order valence-corrected chi connectivity index (χ4v) is 1.75. The van der Waals surface area contributed by atoms with Gasteiger partial charge in [0.05, 0.1) is 5.69 Å². The van der Waals surface area contributed by atoms with Crippen molar-refractivity contribution in [3.63, 3.8) is 0 Å². The number of anilines is 1. The van der Waals surface area contributed by atoms with Crippen LogP contribution in [-0.2, 0) is 16.0 Å². The normalized spacial score (nSPS) is 15.5. The minimum atomic E-state index is -0.144. The van der Waals surface area contributed by atoms with Crippen LogP contribution in [0.4, 0.5) is 5.69 Å². The third-order valence-electron chi connectivity index (χ3n) is 2.91. The zero-order valence-corrected chi connectivity index (χ0v) is 9.95. The monoisotopic (exact) mass is 233 g/mol. The molecule has 0 fully saturated rings. The Morgan fingerprint density at radius 2 is 2.29 bits per heavy atom. The number of Topliss-reactive ketones (excluding diaryl/α,β-unsaturated/α-hetero) is 1. The van der Waals surface area contributed by atoms with Gasteiger partial charge in [-0.15, -0.1) is 0 Å². The van der Waals surface area contributed by atoms with Crippen LogP contribution in [0, 0.1) is 5.92 Å². The van der Waals surface area contributed by atoms with E-state index in [0.29, 0.717) is 17.9 Å². The second-order valence-corrected chi connectivity index (χ2v) is 4.38. The lowest BCUT2D eigenvalue weighted by Crippen LogP contribution is -2.25. The van der Waals surface area contributed by atoms with Gasteiger partial charge < -0.3 is 10.1 Å². The minimum absolute atomic E-state index is 0.00624. The van der Waals surface area contributed by atoms with E-state index in [1.165, 1.54) is 0 Å². The predicted molar refractivity (Wildman–Crippen MR) is 64.1 cm³/mol. The highest BCUT2D eigenvalue weighted by molar-refractivity contribution is 5.95. The fourth-order valence-electron chi connectivity index (χ4n) is 1.75. The summed E-state index contributed by atoms with van der Waals surface area (Å²) in [5, 5.41) is 2.75. The van der Waals surface area contributed by atoms with Gasteiger partial charge in [-0.1, -0.05) is 13.0 Å². The van der Waals surface area contributed by atoms with Crippen LogP contribution in [0.5, 0.6) is 5.75 Å². The third-order valence-corrected chi connectivity index (χ3v) is 2.91. The summed E-state index contributed by atoms with van der Waals surface area (Å²) in [6, 6.07) is 5.62. The van der Waals surface area contributed by atoms with Crippen LogP contribution in [0.1, 0.15) is 19.4 Å². The summed E-state index contributed by atoms with van der Waals surface area (Å²) in [7, 11) is 0. The van der Waals surface area contributed by atoms with Gasteiger partial charge in [-0.05, 0) is 31.0 Å². The number of hydrogen-bond acceptors (Lipinski definition) is 3. The minimum Gasteiger partial charge on any atom is -0.482 e. The first kappa shape index (κ1) is 11.6. The summed E-state index contributed by atoms with van der Waals surface area (Å²) in [4.78, 5) is 22.4. The molecule has 0 aromatic heterocycles. The number of nitrogens with one attached hydrogen (secondary N) is 1. The molecule has 17 heavy (non-hydrogen) atoms. The number of benzene rings is 1. The Kier molecular flexibility index (Phi) is 3.13. The van der Waals surface area contributed by atoms with Crippen molar-refractivity contribution in [2.24, 2.45) is 5.92 Å². The van der Waals surface area contributed by atoms with Gasteiger partial charge >= 0.3 is 0 Å². The van der Waals surface area contributed by atoms with Crippen molar-refractivity contribution >= 4 is 17.4 Å². The van der Waals surface area contributed by atoms with Crippen molar-refractivity contribution in [3.8, 4) is 5.75 Å². The zero-order chi connectivity index (χ0) is 12.4. The predicted octanol–water partition coefficient (Wildman–Crippen LogP) is 1.79. The van der Waals surface area contributed by atoms with E-state index in [0.717, 1.165) is 5.56 Å². The van der Waals surface area contributed by atoms with Crippen LogP contribution in [0.15, 0.2) is 18.2 Å². The highest BCUT2D eigenvalue weighted by atomic mass is 16.5. The van der Waals surface area contributed by atoms with Crippen LogP contribution >= 0.6 is 0 Å². The molecule has 1 atom stereocenters. The largest absolute Gasteiger partial charge is 0.482 e. The van der Waals surface area contributed by atoms with E-state index in [9.17, 15) is 9.59 Å². The Balaban J connectivity index is 2.18. The molecule has 0 bridgehead atoms. The van der Waals surface area contributed by atoms with Gasteiger partial charge in [0, 0.05) is 5.92 Å². The molecule has 90 valence electrons. The molecule has 1 amide bonds. The Hall–Kier alpha value is -1.84. The molecule has 1 aliphatic rings. The van der Waals surface area contributed by atoms with Crippen molar-refractivity contribution in [2.45, 2.75) is 20.3 Å². The maximum atomic E-state index is 11.2. The first-order chi connectivity index (χ1) is 8.06. The van der Waals surface area contributed by atoms with Gasteiger partial charge in [-0.2, -0.15) is 0 Å². The molecular formula is C13H15NO3. The smallest absolute Gasteiger partial charge is 0.262 e. The van der Waals surface area contributed by atoms with Crippen molar-refractivity contribution < 1.29 is 14.3 Å². The third kappa shape index (κ3) is 2.64. The molecule has 0 aliphatic carbocycles. The van der Waals surface area contributed by atoms with E-state index in [-0.39, 0.29) is 24.2 Å². The van der Waals surface area contributed by atoms with Gasteiger partial charge in [0.15, 0.2) is 6.61 Å². The van der Waals surface area contributed by atoms with Gasteiger partial charge in [-0.3, -0.25) is 9.59 Å². The molecule has 1 N–H and O–H groups in total. The highest BCUT2D eigenvalue weighted by Crippen LogP contribution is 2.29. The van der Waals surface area contributed by atoms with E-state index in [1.54, 1.807) is 6.92 Å². The van der Waals surface area contributed by atoms with Crippen LogP contribution in [-0.4, -0.2) is 18.3 Å². The fraction of sp³-hybridized carbons (Fsp3) is 0.385. The molecule has 0 spiro atoms. The summed E-state index contributed by atoms with van der Waals surface area (Å²) in [6.07, 6.45) is 0.679.